The van der Waals surface area contributed by atoms with Crippen LogP contribution in [-0.2, 0) is 25.5 Å². The van der Waals surface area contributed by atoms with Crippen LogP contribution in [0.25, 0.3) is 6.08 Å². The molecule has 186 valence electrons. The molecule has 1 aliphatic rings. The van der Waals surface area contributed by atoms with Crippen molar-refractivity contribution < 1.29 is 19.1 Å². The first-order valence-electron chi connectivity index (χ1n) is 11.1. The van der Waals surface area contributed by atoms with Gasteiger partial charge in [0.25, 0.3) is 0 Å². The molecule has 0 saturated carbocycles. The van der Waals surface area contributed by atoms with E-state index in [-0.39, 0.29) is 17.7 Å². The monoisotopic (exact) mass is 535 g/mol. The second-order valence-corrected chi connectivity index (χ2v) is 9.67. The number of halogens is 2. The first-order chi connectivity index (χ1) is 16.8. The summed E-state index contributed by atoms with van der Waals surface area (Å²) in [6, 6.07) is 6.50. The topological polar surface area (TPSA) is 88.6 Å². The molecule has 2 aromatic rings. The van der Waals surface area contributed by atoms with Crippen LogP contribution in [0.3, 0.4) is 0 Å². The lowest BCUT2D eigenvalue weighted by molar-refractivity contribution is -0.145. The van der Waals surface area contributed by atoms with Gasteiger partial charge in [0, 0.05) is 48.8 Å². The minimum absolute atomic E-state index is 0.158. The van der Waals surface area contributed by atoms with E-state index >= 15 is 0 Å². The Kier molecular flexibility index (Phi) is 10.0. The highest BCUT2D eigenvalue weighted by molar-refractivity contribution is 7.98. The third-order valence-corrected chi connectivity index (χ3v) is 7.63. The summed E-state index contributed by atoms with van der Waals surface area (Å²) < 4.78 is 4.86. The zero-order chi connectivity index (χ0) is 25.4. The van der Waals surface area contributed by atoms with Gasteiger partial charge in [-0.15, -0.1) is 11.8 Å². The first-order valence-corrected chi connectivity index (χ1v) is 13.1. The minimum Gasteiger partial charge on any atom is -0.467 e. The van der Waals surface area contributed by atoms with Gasteiger partial charge in [-0.3, -0.25) is 14.6 Å². The summed E-state index contributed by atoms with van der Waals surface area (Å²) in [7, 11) is 1.29. The molecule has 0 spiro atoms. The number of rotatable bonds is 8. The van der Waals surface area contributed by atoms with E-state index in [1.807, 2.05) is 24.5 Å². The van der Waals surface area contributed by atoms with Crippen molar-refractivity contribution in [2.75, 3.05) is 26.5 Å². The van der Waals surface area contributed by atoms with Gasteiger partial charge in [0.1, 0.15) is 6.04 Å². The number of hydrogen-bond acceptors (Lipinski definition) is 6. The first kappa shape index (κ1) is 27.0. The van der Waals surface area contributed by atoms with E-state index in [1.165, 1.54) is 24.9 Å². The normalized spacial score (nSPS) is 15.1. The molecule has 0 aliphatic carbocycles. The van der Waals surface area contributed by atoms with Gasteiger partial charge < -0.3 is 15.0 Å². The summed E-state index contributed by atoms with van der Waals surface area (Å²) in [5.74, 6) is -1.18. The maximum atomic E-state index is 12.8. The lowest BCUT2D eigenvalue weighted by Gasteiger charge is -2.31. The number of esters is 1. The molecule has 0 radical (unpaired) electrons. The number of carbonyl (C=O) groups excluding carboxylic acids is 3. The SMILES string of the molecule is COC(=O)[C@H](Cc1cccnc1)NC(=O)C1CCN(C(=O)/C=C/c2ccc(SC)c(Cl)c2Cl)CC1. The maximum absolute atomic E-state index is 12.8. The molecular formula is C25H27Cl2N3O4S. The van der Waals surface area contributed by atoms with Crippen molar-refractivity contribution in [3.05, 3.63) is 63.9 Å². The van der Waals surface area contributed by atoms with Crippen LogP contribution in [0, 0.1) is 5.92 Å². The van der Waals surface area contributed by atoms with Crippen molar-refractivity contribution in [1.29, 1.82) is 0 Å². The fourth-order valence-corrected chi connectivity index (χ4v) is 5.01. The Morgan fingerprint density at radius 1 is 1.23 bits per heavy atom. The number of likely N-dealkylation sites (tertiary alicyclic amines) is 1. The van der Waals surface area contributed by atoms with E-state index in [2.05, 4.69) is 10.3 Å². The van der Waals surface area contributed by atoms with Gasteiger partial charge in [-0.25, -0.2) is 4.79 Å². The number of nitrogens with zero attached hydrogens (tertiary/aromatic N) is 2. The summed E-state index contributed by atoms with van der Waals surface area (Å²) in [6.07, 6.45) is 9.62. The number of methoxy groups -OCH3 is 1. The Labute approximate surface area is 219 Å². The van der Waals surface area contributed by atoms with E-state index < -0.39 is 12.0 Å². The Morgan fingerprint density at radius 2 is 1.97 bits per heavy atom. The molecule has 1 saturated heterocycles. The van der Waals surface area contributed by atoms with Gasteiger partial charge in [0.2, 0.25) is 11.8 Å². The Morgan fingerprint density at radius 3 is 2.60 bits per heavy atom. The molecule has 1 N–H and O–H groups in total. The van der Waals surface area contributed by atoms with Crippen LogP contribution in [0.15, 0.2) is 47.6 Å². The van der Waals surface area contributed by atoms with Crippen LogP contribution in [0.2, 0.25) is 10.0 Å². The van der Waals surface area contributed by atoms with Gasteiger partial charge in [-0.05, 0) is 48.4 Å². The molecule has 7 nitrogen and oxygen atoms in total. The van der Waals surface area contributed by atoms with Gasteiger partial charge in [0.05, 0.1) is 17.2 Å². The minimum atomic E-state index is -0.798. The molecular weight excluding hydrogens is 509 g/mol. The van der Waals surface area contributed by atoms with Crippen LogP contribution in [0.5, 0.6) is 0 Å². The third kappa shape index (κ3) is 7.22. The fraction of sp³-hybridized carbons (Fsp3) is 0.360. The van der Waals surface area contributed by atoms with E-state index in [0.717, 1.165) is 10.5 Å². The van der Waals surface area contributed by atoms with Crippen molar-refractivity contribution in [3.63, 3.8) is 0 Å². The largest absolute Gasteiger partial charge is 0.467 e. The lowest BCUT2D eigenvalue weighted by Crippen LogP contribution is -2.48. The molecule has 35 heavy (non-hydrogen) atoms. The average Bonchev–Trinajstić information content (AvgIpc) is 2.89. The zero-order valence-electron chi connectivity index (χ0n) is 19.5. The molecule has 1 aromatic heterocycles. The maximum Gasteiger partial charge on any atom is 0.328 e. The summed E-state index contributed by atoms with van der Waals surface area (Å²) in [4.78, 5) is 44.3. The predicted octanol–water partition coefficient (Wildman–Crippen LogP) is 4.26. The van der Waals surface area contributed by atoms with Gasteiger partial charge in [0.15, 0.2) is 0 Å². The quantitative estimate of drug-likeness (QED) is 0.308. The second-order valence-electron chi connectivity index (χ2n) is 8.07. The molecule has 0 unspecified atom stereocenters. The molecule has 3 rings (SSSR count). The van der Waals surface area contributed by atoms with Crippen molar-refractivity contribution in [3.8, 4) is 0 Å². The van der Waals surface area contributed by atoms with E-state index in [1.54, 1.807) is 29.4 Å². The molecule has 2 heterocycles. The number of nitrogens with one attached hydrogen (secondary N) is 1. The van der Waals surface area contributed by atoms with Crippen molar-refractivity contribution in [1.82, 2.24) is 15.2 Å². The molecule has 1 aromatic carbocycles. The Hall–Kier alpha value is -2.55. The van der Waals surface area contributed by atoms with Crippen LogP contribution < -0.4 is 5.32 Å². The predicted molar refractivity (Wildman–Crippen MR) is 138 cm³/mol. The highest BCUT2D eigenvalue weighted by atomic mass is 35.5. The Bertz CT molecular complexity index is 1090. The second kappa shape index (κ2) is 13.0. The van der Waals surface area contributed by atoms with E-state index in [9.17, 15) is 14.4 Å². The smallest absolute Gasteiger partial charge is 0.328 e. The number of amides is 2. The summed E-state index contributed by atoms with van der Waals surface area (Å²) in [5, 5.41) is 3.68. The number of aromatic nitrogens is 1. The number of hydrogen-bond donors (Lipinski definition) is 1. The number of piperidine rings is 1. The number of benzene rings is 1. The zero-order valence-corrected chi connectivity index (χ0v) is 21.8. The molecule has 1 atom stereocenters. The number of pyridine rings is 1. The average molecular weight is 536 g/mol. The standard InChI is InChI=1S/C25H27Cl2N3O4S/c1-34-25(33)19(14-16-4-3-11-28-15-16)29-24(32)18-9-12-30(13-10-18)21(31)8-6-17-5-7-20(35-2)23(27)22(17)26/h3-8,11,15,18-19H,9-10,12-14H2,1-2H3,(H,29,32)/b8-6+/t19-/m0/s1. The highest BCUT2D eigenvalue weighted by Gasteiger charge is 2.30. The summed E-state index contributed by atoms with van der Waals surface area (Å²) >= 11 is 14.1. The molecule has 2 amide bonds. The lowest BCUT2D eigenvalue weighted by atomic mass is 9.95. The fourth-order valence-electron chi connectivity index (χ4n) is 3.84. The van der Waals surface area contributed by atoms with Crippen LogP contribution in [0.1, 0.15) is 24.0 Å². The van der Waals surface area contributed by atoms with E-state index in [0.29, 0.717) is 48.0 Å². The van der Waals surface area contributed by atoms with Gasteiger partial charge >= 0.3 is 5.97 Å². The van der Waals surface area contributed by atoms with Gasteiger partial charge in [-0.2, -0.15) is 0 Å². The molecule has 0 bridgehead atoms. The van der Waals surface area contributed by atoms with Crippen LogP contribution in [-0.4, -0.2) is 60.2 Å². The van der Waals surface area contributed by atoms with Crippen LogP contribution >= 0.6 is 35.0 Å². The van der Waals surface area contributed by atoms with E-state index in [4.69, 9.17) is 27.9 Å². The summed E-state index contributed by atoms with van der Waals surface area (Å²) in [6.45, 7) is 0.874. The van der Waals surface area contributed by atoms with Gasteiger partial charge in [-0.1, -0.05) is 35.3 Å². The third-order valence-electron chi connectivity index (χ3n) is 5.84. The van der Waals surface area contributed by atoms with Crippen molar-refractivity contribution in [2.45, 2.75) is 30.2 Å². The number of ether oxygens (including phenoxy) is 1. The molecule has 10 heteroatoms. The number of thioether (sulfide) groups is 1. The molecule has 1 aliphatic heterocycles. The highest BCUT2D eigenvalue weighted by Crippen LogP contribution is 2.35. The van der Waals surface area contributed by atoms with Crippen LogP contribution in [0.4, 0.5) is 0 Å². The summed E-state index contributed by atoms with van der Waals surface area (Å²) in [5.41, 5.74) is 1.49. The molecule has 1 fully saturated rings. The van der Waals surface area contributed by atoms with Crippen molar-refractivity contribution in [2.24, 2.45) is 5.92 Å². The number of carbonyl (C=O) groups is 3. The van der Waals surface area contributed by atoms with Crippen molar-refractivity contribution >= 4 is 58.8 Å². The Balaban J connectivity index is 1.55.